The van der Waals surface area contributed by atoms with Crippen LogP contribution in [0.3, 0.4) is 0 Å². The summed E-state index contributed by atoms with van der Waals surface area (Å²) in [5.41, 5.74) is 6.08. The number of nitrogens with zero attached hydrogens (tertiary/aromatic N) is 1. The summed E-state index contributed by atoms with van der Waals surface area (Å²) in [6, 6.07) is 6.71. The Hall–Kier alpha value is -1.79. The number of carbonyl (C=O) groups excluding carboxylic acids is 2. The number of likely N-dealkylation sites (tertiary alicyclic amines) is 1. The Kier molecular flexibility index (Phi) is 8.01. The Labute approximate surface area is 149 Å². The summed E-state index contributed by atoms with van der Waals surface area (Å²) in [5.74, 6) is 0.683. The molecule has 1 heterocycles. The highest BCUT2D eigenvalue weighted by Gasteiger charge is 2.34. The van der Waals surface area contributed by atoms with Gasteiger partial charge in [0.15, 0.2) is 0 Å². The fourth-order valence-electron chi connectivity index (χ4n) is 2.79. The van der Waals surface area contributed by atoms with Crippen molar-refractivity contribution in [2.24, 2.45) is 11.7 Å². The van der Waals surface area contributed by atoms with E-state index in [0.29, 0.717) is 37.6 Å². The van der Waals surface area contributed by atoms with Crippen molar-refractivity contribution in [1.82, 2.24) is 4.90 Å². The van der Waals surface area contributed by atoms with Gasteiger partial charge in [-0.25, -0.2) is 0 Å². The quantitative estimate of drug-likeness (QED) is 0.783. The molecule has 134 valence electrons. The number of halogens is 1. The molecule has 0 spiro atoms. The first-order valence-corrected chi connectivity index (χ1v) is 8.06. The van der Waals surface area contributed by atoms with Gasteiger partial charge in [0.2, 0.25) is 11.8 Å². The zero-order valence-electron chi connectivity index (χ0n) is 14.2. The van der Waals surface area contributed by atoms with Gasteiger partial charge in [0.05, 0.1) is 0 Å². The molecule has 0 saturated carbocycles. The Morgan fingerprint density at radius 3 is 2.50 bits per heavy atom. The Morgan fingerprint density at radius 2 is 2.00 bits per heavy atom. The summed E-state index contributed by atoms with van der Waals surface area (Å²) in [4.78, 5) is 26.2. The number of anilines is 1. The second-order valence-electron chi connectivity index (χ2n) is 6.03. The molecule has 6 nitrogen and oxygen atoms in total. The normalized spacial score (nSPS) is 15.2. The average molecular weight is 356 g/mol. The molecular weight excluding hydrogens is 330 g/mol. The molecule has 7 heteroatoms. The summed E-state index contributed by atoms with van der Waals surface area (Å²) in [6.45, 7) is 5.48. The van der Waals surface area contributed by atoms with Crippen molar-refractivity contribution in [3.8, 4) is 5.75 Å². The lowest BCUT2D eigenvalue weighted by Gasteiger charge is -2.29. The predicted molar refractivity (Wildman–Crippen MR) is 96.4 cm³/mol. The molecule has 0 aromatic heterocycles. The van der Waals surface area contributed by atoms with Crippen LogP contribution in [0.1, 0.15) is 26.7 Å². The lowest BCUT2D eigenvalue weighted by molar-refractivity contribution is -0.136. The number of carbonyl (C=O) groups is 2. The third-order valence-electron chi connectivity index (χ3n) is 3.85. The molecule has 0 bridgehead atoms. The summed E-state index contributed by atoms with van der Waals surface area (Å²) in [6.07, 6.45) is 1.35. The van der Waals surface area contributed by atoms with E-state index < -0.39 is 6.04 Å². The topological polar surface area (TPSA) is 84.7 Å². The number of amides is 2. The van der Waals surface area contributed by atoms with Crippen LogP contribution < -0.4 is 15.8 Å². The van der Waals surface area contributed by atoms with E-state index in [9.17, 15) is 9.59 Å². The fraction of sp³-hybridized carbons (Fsp3) is 0.529. The van der Waals surface area contributed by atoms with E-state index in [1.54, 1.807) is 29.2 Å². The average Bonchev–Trinajstić information content (AvgIpc) is 2.92. The number of hydrogen-bond donors (Lipinski definition) is 2. The van der Waals surface area contributed by atoms with E-state index in [2.05, 4.69) is 5.32 Å². The maximum Gasteiger partial charge on any atom is 0.247 e. The molecule has 1 atom stereocenters. The standard InChI is InChI=1S/C17H25N3O3.ClH/c1-12(2)16(20-10-3-4-15(20)21)17(22)19-13-5-7-14(8-6-13)23-11-9-18;/h5-8,12,16H,3-4,9-11,18H2,1-2H3,(H,19,22);1H. The van der Waals surface area contributed by atoms with Gasteiger partial charge in [-0.15, -0.1) is 12.4 Å². The van der Waals surface area contributed by atoms with Crippen molar-refractivity contribution in [2.75, 3.05) is 25.0 Å². The van der Waals surface area contributed by atoms with Crippen LogP contribution in [0.4, 0.5) is 5.69 Å². The van der Waals surface area contributed by atoms with E-state index in [1.165, 1.54) is 0 Å². The smallest absolute Gasteiger partial charge is 0.247 e. The number of hydrogen-bond acceptors (Lipinski definition) is 4. The lowest BCUT2D eigenvalue weighted by atomic mass is 10.0. The van der Waals surface area contributed by atoms with Crippen LogP contribution in [0.25, 0.3) is 0 Å². The van der Waals surface area contributed by atoms with Crippen LogP contribution in [0.15, 0.2) is 24.3 Å². The van der Waals surface area contributed by atoms with Gasteiger partial charge in [0.1, 0.15) is 18.4 Å². The molecule has 1 aromatic rings. The highest BCUT2D eigenvalue weighted by atomic mass is 35.5. The second-order valence-corrected chi connectivity index (χ2v) is 6.03. The first-order valence-electron chi connectivity index (χ1n) is 8.06. The summed E-state index contributed by atoms with van der Waals surface area (Å²) >= 11 is 0. The minimum Gasteiger partial charge on any atom is -0.492 e. The van der Waals surface area contributed by atoms with Gasteiger partial charge in [-0.2, -0.15) is 0 Å². The molecule has 2 amide bonds. The molecule has 24 heavy (non-hydrogen) atoms. The van der Waals surface area contributed by atoms with Crippen molar-refractivity contribution in [2.45, 2.75) is 32.7 Å². The highest BCUT2D eigenvalue weighted by molar-refractivity contribution is 5.97. The first kappa shape index (κ1) is 20.3. The van der Waals surface area contributed by atoms with Crippen molar-refractivity contribution >= 4 is 29.9 Å². The van der Waals surface area contributed by atoms with Crippen molar-refractivity contribution in [3.63, 3.8) is 0 Å². The van der Waals surface area contributed by atoms with Gasteiger partial charge in [-0.05, 0) is 36.6 Å². The Bertz CT molecular complexity index is 549. The fourth-order valence-corrected chi connectivity index (χ4v) is 2.79. The van der Waals surface area contributed by atoms with Gasteiger partial charge in [-0.3, -0.25) is 9.59 Å². The van der Waals surface area contributed by atoms with Crippen LogP contribution in [0.5, 0.6) is 5.75 Å². The van der Waals surface area contributed by atoms with E-state index in [4.69, 9.17) is 10.5 Å². The van der Waals surface area contributed by atoms with Gasteiger partial charge in [-0.1, -0.05) is 13.8 Å². The monoisotopic (exact) mass is 355 g/mol. The molecule has 0 aliphatic carbocycles. The Morgan fingerprint density at radius 1 is 1.33 bits per heavy atom. The van der Waals surface area contributed by atoms with Crippen molar-refractivity contribution < 1.29 is 14.3 Å². The molecule has 1 aliphatic rings. The van der Waals surface area contributed by atoms with Gasteiger partial charge < -0.3 is 20.7 Å². The first-order chi connectivity index (χ1) is 11.0. The third-order valence-corrected chi connectivity index (χ3v) is 3.85. The van der Waals surface area contributed by atoms with Gasteiger partial charge >= 0.3 is 0 Å². The zero-order valence-corrected chi connectivity index (χ0v) is 15.0. The minimum atomic E-state index is -0.432. The second kappa shape index (κ2) is 9.49. The number of rotatable bonds is 7. The third kappa shape index (κ3) is 5.11. The van der Waals surface area contributed by atoms with Crippen LogP contribution in [-0.4, -0.2) is 42.5 Å². The predicted octanol–water partition coefficient (Wildman–Crippen LogP) is 2.03. The number of nitrogens with two attached hydrogens (primary N) is 1. The zero-order chi connectivity index (χ0) is 16.8. The molecule has 2 rings (SSSR count). The Balaban J connectivity index is 0.00000288. The van der Waals surface area contributed by atoms with Crippen LogP contribution in [-0.2, 0) is 9.59 Å². The largest absolute Gasteiger partial charge is 0.492 e. The summed E-state index contributed by atoms with van der Waals surface area (Å²) in [7, 11) is 0. The summed E-state index contributed by atoms with van der Waals surface area (Å²) < 4.78 is 5.41. The van der Waals surface area contributed by atoms with Crippen molar-refractivity contribution in [3.05, 3.63) is 24.3 Å². The molecule has 1 saturated heterocycles. The highest BCUT2D eigenvalue weighted by Crippen LogP contribution is 2.21. The molecule has 3 N–H and O–H groups in total. The van der Waals surface area contributed by atoms with E-state index in [1.807, 2.05) is 13.8 Å². The maximum absolute atomic E-state index is 12.6. The number of nitrogens with one attached hydrogen (secondary N) is 1. The van der Waals surface area contributed by atoms with Gasteiger partial charge in [0, 0.05) is 25.2 Å². The number of ether oxygens (including phenoxy) is 1. The summed E-state index contributed by atoms with van der Waals surface area (Å²) in [5, 5.41) is 2.89. The van der Waals surface area contributed by atoms with E-state index in [0.717, 1.165) is 6.42 Å². The number of benzene rings is 1. The molecule has 1 aromatic carbocycles. The maximum atomic E-state index is 12.6. The van der Waals surface area contributed by atoms with E-state index >= 15 is 0 Å². The van der Waals surface area contributed by atoms with E-state index in [-0.39, 0.29) is 30.1 Å². The van der Waals surface area contributed by atoms with Gasteiger partial charge in [0.25, 0.3) is 0 Å². The lowest BCUT2D eigenvalue weighted by Crippen LogP contribution is -2.47. The molecule has 1 fully saturated rings. The SMILES string of the molecule is CC(C)C(C(=O)Nc1ccc(OCCN)cc1)N1CCCC1=O.Cl. The molecule has 0 radical (unpaired) electrons. The van der Waals surface area contributed by atoms with Crippen molar-refractivity contribution in [1.29, 1.82) is 0 Å². The molecular formula is C17H26ClN3O3. The molecule has 1 unspecified atom stereocenters. The van der Waals surface area contributed by atoms with Crippen LogP contribution >= 0.6 is 12.4 Å². The molecule has 1 aliphatic heterocycles. The minimum absolute atomic E-state index is 0. The van der Waals surface area contributed by atoms with Crippen LogP contribution in [0.2, 0.25) is 0 Å². The van der Waals surface area contributed by atoms with Crippen LogP contribution in [0, 0.1) is 5.92 Å².